The smallest absolute Gasteiger partial charge is 0.252 e. The van der Waals surface area contributed by atoms with Gasteiger partial charge < -0.3 is 10.2 Å². The molecule has 24 heavy (non-hydrogen) atoms. The predicted octanol–water partition coefficient (Wildman–Crippen LogP) is 0.678. The van der Waals surface area contributed by atoms with E-state index in [9.17, 15) is 9.59 Å². The van der Waals surface area contributed by atoms with E-state index < -0.39 is 5.54 Å². The average molecular weight is 325 g/mol. The number of pyridine rings is 1. The van der Waals surface area contributed by atoms with Crippen molar-refractivity contribution in [3.8, 4) is 0 Å². The minimum atomic E-state index is -1.09. The number of hydrogen-bond donors (Lipinski definition) is 1. The van der Waals surface area contributed by atoms with Gasteiger partial charge in [-0.1, -0.05) is 6.07 Å². The van der Waals surface area contributed by atoms with Crippen LogP contribution in [0.1, 0.15) is 24.1 Å². The summed E-state index contributed by atoms with van der Waals surface area (Å²) < 4.78 is 0. The van der Waals surface area contributed by atoms with Crippen LogP contribution in [0.25, 0.3) is 0 Å². The fourth-order valence-electron chi connectivity index (χ4n) is 3.27. The zero-order valence-corrected chi connectivity index (χ0v) is 13.5. The molecule has 3 rings (SSSR count). The number of carbonyl (C=O) groups excluding carboxylic acids is 2. The van der Waals surface area contributed by atoms with Crippen molar-refractivity contribution in [1.82, 2.24) is 25.2 Å². The SMILES string of the molecule is CNC(=O)[C@]1(c2cnccn2)CCCN1C(=O)Cc1cccnc1. The van der Waals surface area contributed by atoms with Gasteiger partial charge in [0.05, 0.1) is 18.3 Å². The standard InChI is InChI=1S/C17H19N5O2/c1-18-16(24)17(14-12-20-7-8-21-14)5-3-9-22(17)15(23)10-13-4-2-6-19-11-13/h2,4,6-8,11-12H,3,5,9-10H2,1H3,(H,18,24)/t17-/m1/s1. The van der Waals surface area contributed by atoms with Gasteiger partial charge in [0, 0.05) is 38.4 Å². The molecule has 0 unspecified atom stereocenters. The summed E-state index contributed by atoms with van der Waals surface area (Å²) in [5, 5.41) is 2.68. The van der Waals surface area contributed by atoms with Crippen molar-refractivity contribution >= 4 is 11.8 Å². The van der Waals surface area contributed by atoms with E-state index in [1.807, 2.05) is 6.07 Å². The lowest BCUT2D eigenvalue weighted by atomic mass is 9.90. The molecule has 1 saturated heterocycles. The van der Waals surface area contributed by atoms with E-state index in [0.29, 0.717) is 18.7 Å². The van der Waals surface area contributed by atoms with Crippen LogP contribution in [0.5, 0.6) is 0 Å². The minimum Gasteiger partial charge on any atom is -0.357 e. The Hall–Kier alpha value is -2.83. The summed E-state index contributed by atoms with van der Waals surface area (Å²) in [5.74, 6) is -0.352. The molecule has 1 aliphatic heterocycles. The Morgan fingerprint density at radius 3 is 2.75 bits per heavy atom. The molecule has 2 aromatic rings. The Labute approximate surface area is 140 Å². The molecular weight excluding hydrogens is 306 g/mol. The Morgan fingerprint density at radius 1 is 1.25 bits per heavy atom. The van der Waals surface area contributed by atoms with E-state index in [1.54, 1.807) is 49.0 Å². The second-order valence-electron chi connectivity index (χ2n) is 5.72. The van der Waals surface area contributed by atoms with Gasteiger partial charge in [0.15, 0.2) is 5.54 Å². The lowest BCUT2D eigenvalue weighted by Gasteiger charge is -2.36. The first-order valence-electron chi connectivity index (χ1n) is 7.86. The van der Waals surface area contributed by atoms with Gasteiger partial charge in [-0.15, -0.1) is 0 Å². The maximum Gasteiger partial charge on any atom is 0.252 e. The minimum absolute atomic E-state index is 0.116. The fourth-order valence-corrected chi connectivity index (χ4v) is 3.27. The van der Waals surface area contributed by atoms with Crippen molar-refractivity contribution in [2.75, 3.05) is 13.6 Å². The predicted molar refractivity (Wildman–Crippen MR) is 86.7 cm³/mol. The van der Waals surface area contributed by atoms with Crippen LogP contribution >= 0.6 is 0 Å². The number of amides is 2. The molecule has 0 saturated carbocycles. The van der Waals surface area contributed by atoms with Crippen LogP contribution in [-0.2, 0) is 21.5 Å². The number of hydrogen-bond acceptors (Lipinski definition) is 5. The number of nitrogens with zero attached hydrogens (tertiary/aromatic N) is 4. The van der Waals surface area contributed by atoms with Crippen LogP contribution in [0.2, 0.25) is 0 Å². The highest BCUT2D eigenvalue weighted by molar-refractivity contribution is 5.93. The highest BCUT2D eigenvalue weighted by Crippen LogP contribution is 2.38. The molecule has 1 fully saturated rings. The van der Waals surface area contributed by atoms with Gasteiger partial charge >= 0.3 is 0 Å². The molecule has 0 aromatic carbocycles. The second kappa shape index (κ2) is 6.74. The molecular formula is C17H19N5O2. The largest absolute Gasteiger partial charge is 0.357 e. The summed E-state index contributed by atoms with van der Waals surface area (Å²) in [4.78, 5) is 39.7. The van der Waals surface area contributed by atoms with Crippen molar-refractivity contribution in [3.63, 3.8) is 0 Å². The summed E-state index contributed by atoms with van der Waals surface area (Å²) >= 11 is 0. The van der Waals surface area contributed by atoms with Gasteiger partial charge in [0.2, 0.25) is 5.91 Å². The Balaban J connectivity index is 1.96. The number of aromatic nitrogens is 3. The number of rotatable bonds is 4. The molecule has 2 aromatic heterocycles. The normalized spacial score (nSPS) is 20.0. The van der Waals surface area contributed by atoms with Gasteiger partial charge in [-0.2, -0.15) is 0 Å². The first-order chi connectivity index (χ1) is 11.7. The first-order valence-corrected chi connectivity index (χ1v) is 7.86. The van der Waals surface area contributed by atoms with E-state index in [-0.39, 0.29) is 18.2 Å². The molecule has 0 bridgehead atoms. The van der Waals surface area contributed by atoms with Crippen LogP contribution in [-0.4, -0.2) is 45.3 Å². The number of likely N-dealkylation sites (tertiary alicyclic amines) is 1. The van der Waals surface area contributed by atoms with Crippen LogP contribution in [0, 0.1) is 0 Å². The molecule has 7 heteroatoms. The number of likely N-dealkylation sites (N-methyl/N-ethyl adjacent to an activating group) is 1. The van der Waals surface area contributed by atoms with Crippen molar-refractivity contribution in [3.05, 3.63) is 54.4 Å². The fraction of sp³-hybridized carbons (Fsp3) is 0.353. The summed E-state index contributed by atoms with van der Waals surface area (Å²) in [7, 11) is 1.57. The summed E-state index contributed by atoms with van der Waals surface area (Å²) in [6.45, 7) is 0.517. The third-order valence-electron chi connectivity index (χ3n) is 4.35. The molecule has 2 amide bonds. The molecule has 1 N–H and O–H groups in total. The summed E-state index contributed by atoms with van der Waals surface area (Å²) in [5.41, 5.74) is 0.225. The highest BCUT2D eigenvalue weighted by Gasteiger charge is 2.51. The van der Waals surface area contributed by atoms with Crippen molar-refractivity contribution in [2.45, 2.75) is 24.8 Å². The zero-order valence-electron chi connectivity index (χ0n) is 13.5. The van der Waals surface area contributed by atoms with E-state index in [4.69, 9.17) is 0 Å². The topological polar surface area (TPSA) is 88.1 Å². The van der Waals surface area contributed by atoms with E-state index in [0.717, 1.165) is 12.0 Å². The molecule has 124 valence electrons. The maximum absolute atomic E-state index is 12.9. The van der Waals surface area contributed by atoms with Crippen molar-refractivity contribution < 1.29 is 9.59 Å². The lowest BCUT2D eigenvalue weighted by Crippen LogP contribution is -2.55. The van der Waals surface area contributed by atoms with Gasteiger partial charge in [-0.25, -0.2) is 0 Å². The van der Waals surface area contributed by atoms with Crippen LogP contribution in [0.4, 0.5) is 0 Å². The zero-order chi connectivity index (χ0) is 17.0. The van der Waals surface area contributed by atoms with Gasteiger partial charge in [0.25, 0.3) is 5.91 Å². The maximum atomic E-state index is 12.9. The highest BCUT2D eigenvalue weighted by atomic mass is 16.2. The van der Waals surface area contributed by atoms with Crippen molar-refractivity contribution in [2.24, 2.45) is 0 Å². The van der Waals surface area contributed by atoms with E-state index in [2.05, 4.69) is 20.3 Å². The van der Waals surface area contributed by atoms with Crippen molar-refractivity contribution in [1.29, 1.82) is 0 Å². The average Bonchev–Trinajstić information content (AvgIpc) is 3.09. The molecule has 7 nitrogen and oxygen atoms in total. The van der Waals surface area contributed by atoms with Crippen LogP contribution in [0.15, 0.2) is 43.1 Å². The van der Waals surface area contributed by atoms with E-state index >= 15 is 0 Å². The molecule has 0 radical (unpaired) electrons. The monoisotopic (exact) mass is 325 g/mol. The van der Waals surface area contributed by atoms with Crippen LogP contribution in [0.3, 0.4) is 0 Å². The first kappa shape index (κ1) is 16.0. The molecule has 1 aliphatic rings. The molecule has 1 atom stereocenters. The van der Waals surface area contributed by atoms with Gasteiger partial charge in [-0.05, 0) is 24.5 Å². The molecule has 0 aliphatic carbocycles. The quantitative estimate of drug-likeness (QED) is 0.893. The lowest BCUT2D eigenvalue weighted by molar-refractivity contribution is -0.145. The Morgan fingerprint density at radius 2 is 2.08 bits per heavy atom. The molecule has 0 spiro atoms. The van der Waals surface area contributed by atoms with Gasteiger partial charge in [-0.3, -0.25) is 24.5 Å². The molecule has 3 heterocycles. The third kappa shape index (κ3) is 2.73. The number of nitrogens with one attached hydrogen (secondary N) is 1. The summed E-state index contributed by atoms with van der Waals surface area (Å²) in [6.07, 6.45) is 9.46. The van der Waals surface area contributed by atoms with Gasteiger partial charge in [0.1, 0.15) is 0 Å². The Bertz CT molecular complexity index is 722. The number of carbonyl (C=O) groups is 2. The van der Waals surface area contributed by atoms with E-state index in [1.165, 1.54) is 0 Å². The second-order valence-corrected chi connectivity index (χ2v) is 5.72. The summed E-state index contributed by atoms with van der Waals surface area (Å²) in [6, 6.07) is 3.64. The van der Waals surface area contributed by atoms with Crippen LogP contribution < -0.4 is 5.32 Å². The Kier molecular flexibility index (Phi) is 4.50. The third-order valence-corrected chi connectivity index (χ3v) is 4.35.